The second kappa shape index (κ2) is 18.5. The van der Waals surface area contributed by atoms with Crippen LogP contribution >= 0.6 is 11.6 Å². The summed E-state index contributed by atoms with van der Waals surface area (Å²) in [6, 6.07) is 16.8. The van der Waals surface area contributed by atoms with Crippen molar-refractivity contribution in [3.63, 3.8) is 0 Å². The number of fused-ring (bicyclic) bond motifs is 1. The van der Waals surface area contributed by atoms with E-state index in [2.05, 4.69) is 148 Å². The Hall–Kier alpha value is -2.83. The molecular formula is C45H73ClN6O5Si3. The molecule has 4 aromatic rings. The van der Waals surface area contributed by atoms with Gasteiger partial charge in [0.15, 0.2) is 48.2 Å². The first-order valence-corrected chi connectivity index (χ1v) is 30.8. The first-order valence-electron chi connectivity index (χ1n) is 21.5. The fourth-order valence-corrected chi connectivity index (χ4v) is 10.1. The fraction of sp³-hybridized carbons (Fsp3) is 0.622. The molecule has 2 aromatic heterocycles. The molecule has 332 valence electrons. The third-order valence-corrected chi connectivity index (χ3v) is 27.0. The number of nitrogens with two attached hydrogens (primary N) is 1. The number of halogens is 1. The summed E-state index contributed by atoms with van der Waals surface area (Å²) in [5.74, 6) is 2.31. The summed E-state index contributed by atoms with van der Waals surface area (Å²) in [7, 11) is -6.93. The molecular weight excluding hydrogens is 824 g/mol. The van der Waals surface area contributed by atoms with Crippen LogP contribution in [0.15, 0.2) is 54.9 Å². The van der Waals surface area contributed by atoms with Crippen LogP contribution in [0.3, 0.4) is 0 Å². The lowest BCUT2D eigenvalue weighted by Gasteiger charge is -2.44. The molecule has 0 saturated carbocycles. The Morgan fingerprint density at radius 1 is 0.800 bits per heavy atom. The van der Waals surface area contributed by atoms with Gasteiger partial charge in [0, 0.05) is 12.4 Å². The molecule has 3 heterocycles. The van der Waals surface area contributed by atoms with E-state index in [1.165, 1.54) is 11.9 Å². The van der Waals surface area contributed by atoms with Crippen LogP contribution in [0.5, 0.6) is 5.75 Å². The number of anilines is 2. The van der Waals surface area contributed by atoms with Gasteiger partial charge in [0.05, 0.1) is 13.2 Å². The number of benzene rings is 2. The summed E-state index contributed by atoms with van der Waals surface area (Å²) in [6.45, 7) is 35.7. The Bertz CT molecular complexity index is 2040. The van der Waals surface area contributed by atoms with Crippen LogP contribution in [0.1, 0.15) is 80.5 Å². The highest BCUT2D eigenvalue weighted by atomic mass is 35.5. The summed E-state index contributed by atoms with van der Waals surface area (Å²) < 4.78 is 37.0. The lowest BCUT2D eigenvalue weighted by molar-refractivity contribution is -0.0460. The molecule has 4 atom stereocenters. The van der Waals surface area contributed by atoms with E-state index in [9.17, 15) is 0 Å². The summed E-state index contributed by atoms with van der Waals surface area (Å²) in [6.07, 6.45) is 1.11. The van der Waals surface area contributed by atoms with Crippen molar-refractivity contribution < 1.29 is 22.8 Å². The number of hydrogen-bond acceptors (Lipinski definition) is 10. The first-order chi connectivity index (χ1) is 27.8. The van der Waals surface area contributed by atoms with Crippen LogP contribution < -0.4 is 15.8 Å². The van der Waals surface area contributed by atoms with Gasteiger partial charge in [0.25, 0.3) is 0 Å². The van der Waals surface area contributed by atoms with Crippen molar-refractivity contribution in [2.75, 3.05) is 36.7 Å². The number of nitrogens with one attached hydrogen (secondary N) is 1. The molecule has 1 fully saturated rings. The van der Waals surface area contributed by atoms with Crippen molar-refractivity contribution in [1.29, 1.82) is 0 Å². The molecule has 0 unspecified atom stereocenters. The average Bonchev–Trinajstić information content (AvgIpc) is 3.67. The SMILES string of the molecule is CC(C)(C)[Si](C)(C)OC[C@H]1O[C@@H](n2c(NCCc3ccc(-c4cccc(OCCCCl)c4)cc3)nc3c(N)ncnc32)[C@H](O[Si](C)(C)C(C)(C)C)[C@@H]1O[Si](C)(C)C(C)(C)C. The van der Waals surface area contributed by atoms with Crippen molar-refractivity contribution in [2.24, 2.45) is 0 Å². The van der Waals surface area contributed by atoms with Gasteiger partial charge in [-0.1, -0.05) is 98.7 Å². The number of rotatable bonds is 17. The maximum Gasteiger partial charge on any atom is 0.207 e. The number of alkyl halides is 1. The second-order valence-corrected chi connectivity index (χ2v) is 35.6. The minimum Gasteiger partial charge on any atom is -0.494 e. The molecule has 1 aliphatic rings. The molecule has 0 radical (unpaired) electrons. The highest BCUT2D eigenvalue weighted by molar-refractivity contribution is 6.75. The van der Waals surface area contributed by atoms with E-state index in [0.717, 1.165) is 29.7 Å². The lowest BCUT2D eigenvalue weighted by Crippen LogP contribution is -2.54. The zero-order valence-corrected chi connectivity index (χ0v) is 42.8. The van der Waals surface area contributed by atoms with Crippen LogP contribution in [-0.2, 0) is 24.4 Å². The van der Waals surface area contributed by atoms with Gasteiger partial charge in [-0.05, 0) is 96.1 Å². The van der Waals surface area contributed by atoms with Crippen LogP contribution in [-0.4, -0.2) is 88.4 Å². The molecule has 60 heavy (non-hydrogen) atoms. The van der Waals surface area contributed by atoms with Crippen molar-refractivity contribution in [1.82, 2.24) is 19.5 Å². The maximum absolute atomic E-state index is 7.49. The number of ether oxygens (including phenoxy) is 2. The van der Waals surface area contributed by atoms with Crippen molar-refractivity contribution >= 4 is 59.5 Å². The molecule has 11 nitrogen and oxygen atoms in total. The second-order valence-electron chi connectivity index (χ2n) is 20.9. The molecule has 1 saturated heterocycles. The monoisotopic (exact) mass is 896 g/mol. The quantitative estimate of drug-likeness (QED) is 0.0600. The standard InChI is InChI=1S/C45H73ClN6O5Si3/c1-43(2,3)58(10,11)54-29-35-37(56-59(12,13)44(4,5)6)38(57-60(14,15)45(7,8)9)41(55-35)52-40-36(39(47)49-30-50-40)51-42(52)48-26-24-31-20-22-32(23-21-31)33-18-16-19-34(28-33)53-27-17-25-46/h16,18-23,28,30,35,37-38,41H,17,24-27,29H2,1-15H3,(H,48,51)(H2,47,49,50)/t35-,37-,38-,41-/m1/s1. The van der Waals surface area contributed by atoms with Crippen LogP contribution in [0, 0.1) is 0 Å². The van der Waals surface area contributed by atoms with Crippen LogP contribution in [0.4, 0.5) is 11.8 Å². The van der Waals surface area contributed by atoms with E-state index in [-0.39, 0.29) is 15.1 Å². The van der Waals surface area contributed by atoms with Gasteiger partial charge < -0.3 is 33.8 Å². The van der Waals surface area contributed by atoms with Crippen LogP contribution in [0.2, 0.25) is 54.4 Å². The molecule has 3 N–H and O–H groups in total. The smallest absolute Gasteiger partial charge is 0.207 e. The highest BCUT2D eigenvalue weighted by Crippen LogP contribution is 2.48. The van der Waals surface area contributed by atoms with E-state index in [0.29, 0.717) is 48.6 Å². The normalized spacial score (nSPS) is 19.6. The fourth-order valence-electron chi connectivity index (χ4n) is 6.34. The summed E-state index contributed by atoms with van der Waals surface area (Å²) >= 11 is 5.84. The number of aromatic nitrogens is 4. The van der Waals surface area contributed by atoms with E-state index in [4.69, 9.17) is 50.1 Å². The Labute approximate surface area is 368 Å². The van der Waals surface area contributed by atoms with E-state index in [1.807, 2.05) is 16.7 Å². The van der Waals surface area contributed by atoms with Gasteiger partial charge in [-0.15, -0.1) is 11.6 Å². The van der Waals surface area contributed by atoms with E-state index < -0.39 is 49.5 Å². The van der Waals surface area contributed by atoms with Gasteiger partial charge in [0.1, 0.15) is 30.4 Å². The van der Waals surface area contributed by atoms with Gasteiger partial charge in [-0.25, -0.2) is 15.0 Å². The summed E-state index contributed by atoms with van der Waals surface area (Å²) in [5.41, 5.74) is 11.0. The Morgan fingerprint density at radius 3 is 2.02 bits per heavy atom. The predicted molar refractivity (Wildman–Crippen MR) is 256 cm³/mol. The first kappa shape index (κ1) is 48.2. The summed E-state index contributed by atoms with van der Waals surface area (Å²) in [5, 5.41) is 3.55. The topological polar surface area (TPSA) is 128 Å². The Kier molecular flexibility index (Phi) is 14.9. The van der Waals surface area contributed by atoms with E-state index in [1.54, 1.807) is 0 Å². The molecule has 0 aliphatic carbocycles. The molecule has 0 bridgehead atoms. The molecule has 1 aliphatic heterocycles. The predicted octanol–water partition coefficient (Wildman–Crippen LogP) is 11.4. The molecule has 0 amide bonds. The third kappa shape index (κ3) is 11.0. The third-order valence-electron chi connectivity index (χ3n) is 13.3. The van der Waals surface area contributed by atoms with Gasteiger partial charge in [-0.2, -0.15) is 0 Å². The average molecular weight is 898 g/mol. The van der Waals surface area contributed by atoms with Crippen molar-refractivity contribution in [3.05, 3.63) is 60.4 Å². The minimum absolute atomic E-state index is 0.0223. The molecule has 5 rings (SSSR count). The van der Waals surface area contributed by atoms with E-state index >= 15 is 0 Å². The number of nitrogens with zero attached hydrogens (tertiary/aromatic N) is 4. The van der Waals surface area contributed by atoms with Gasteiger partial charge in [-0.3, -0.25) is 4.57 Å². The lowest BCUT2D eigenvalue weighted by atomic mass is 10.0. The highest BCUT2D eigenvalue weighted by Gasteiger charge is 2.55. The maximum atomic E-state index is 7.49. The zero-order valence-electron chi connectivity index (χ0n) is 39.0. The number of nitrogen functional groups attached to an aromatic ring is 1. The Balaban J connectivity index is 1.51. The largest absolute Gasteiger partial charge is 0.494 e. The number of hydrogen-bond donors (Lipinski definition) is 2. The Morgan fingerprint density at radius 2 is 1.42 bits per heavy atom. The van der Waals surface area contributed by atoms with Gasteiger partial charge >= 0.3 is 0 Å². The minimum atomic E-state index is -2.41. The molecule has 0 spiro atoms. The zero-order chi connectivity index (χ0) is 44.5. The van der Waals surface area contributed by atoms with Crippen molar-refractivity contribution in [3.8, 4) is 16.9 Å². The van der Waals surface area contributed by atoms with Crippen molar-refractivity contribution in [2.45, 2.75) is 154 Å². The van der Waals surface area contributed by atoms with Gasteiger partial charge in [0.2, 0.25) is 5.95 Å². The number of imidazole rings is 1. The van der Waals surface area contributed by atoms with Crippen LogP contribution in [0.25, 0.3) is 22.3 Å². The molecule has 2 aromatic carbocycles. The molecule has 15 heteroatoms. The summed E-state index contributed by atoms with van der Waals surface area (Å²) in [4.78, 5) is 14.1.